The van der Waals surface area contributed by atoms with Crippen molar-refractivity contribution in [2.45, 2.75) is 24.3 Å². The van der Waals surface area contributed by atoms with Gasteiger partial charge in [0.25, 0.3) is 0 Å². The minimum absolute atomic E-state index is 0. The number of pyridine rings is 1. The third-order valence-electron chi connectivity index (χ3n) is 3.86. The van der Waals surface area contributed by atoms with Crippen LogP contribution >= 0.6 is 12.4 Å². The highest BCUT2D eigenvalue weighted by molar-refractivity contribution is 7.84. The van der Waals surface area contributed by atoms with Gasteiger partial charge >= 0.3 is 0 Å². The van der Waals surface area contributed by atoms with Gasteiger partial charge in [-0.15, -0.1) is 12.4 Å². The van der Waals surface area contributed by atoms with Crippen molar-refractivity contribution >= 4 is 34.2 Å². The van der Waals surface area contributed by atoms with Crippen LogP contribution in [0.25, 0.3) is 11.0 Å². The first-order valence-electron chi connectivity index (χ1n) is 8.08. The molecule has 0 aliphatic rings. The van der Waals surface area contributed by atoms with Crippen molar-refractivity contribution in [1.29, 1.82) is 0 Å². The molecule has 0 saturated heterocycles. The number of hydrogen-bond donors (Lipinski definition) is 1. The van der Waals surface area contributed by atoms with Gasteiger partial charge in [-0.1, -0.05) is 12.1 Å². The molecule has 1 aromatic carbocycles. The Bertz CT molecular complexity index is 852. The van der Waals surface area contributed by atoms with Gasteiger partial charge in [-0.25, -0.2) is 4.98 Å². The minimum atomic E-state index is -1.30. The Labute approximate surface area is 161 Å². The number of ether oxygens (including phenoxy) is 2. The van der Waals surface area contributed by atoms with E-state index in [1.165, 1.54) is 0 Å². The molecule has 140 valence electrons. The van der Waals surface area contributed by atoms with Gasteiger partial charge in [0.1, 0.15) is 5.75 Å². The molecule has 0 aliphatic carbocycles. The van der Waals surface area contributed by atoms with Crippen LogP contribution in [0.2, 0.25) is 0 Å². The molecule has 6 nitrogen and oxygen atoms in total. The van der Waals surface area contributed by atoms with Crippen LogP contribution in [-0.2, 0) is 21.3 Å². The van der Waals surface area contributed by atoms with Gasteiger partial charge in [0.2, 0.25) is 0 Å². The molecule has 3 aromatic rings. The van der Waals surface area contributed by atoms with Gasteiger partial charge in [-0.3, -0.25) is 9.19 Å². The van der Waals surface area contributed by atoms with E-state index in [9.17, 15) is 4.21 Å². The number of aromatic nitrogens is 3. The number of methoxy groups -OCH3 is 1. The van der Waals surface area contributed by atoms with Crippen LogP contribution in [-0.4, -0.2) is 39.5 Å². The molecule has 26 heavy (non-hydrogen) atoms. The topological polar surface area (TPSA) is 77.1 Å². The maximum absolute atomic E-state index is 12.7. The summed E-state index contributed by atoms with van der Waals surface area (Å²) in [6.45, 7) is 3.17. The maximum Gasteiger partial charge on any atom is 0.197 e. The van der Waals surface area contributed by atoms with E-state index >= 15 is 0 Å². The van der Waals surface area contributed by atoms with Gasteiger partial charge in [-0.05, 0) is 25.1 Å². The van der Waals surface area contributed by atoms with Crippen molar-refractivity contribution in [1.82, 2.24) is 15.0 Å². The van der Waals surface area contributed by atoms with Gasteiger partial charge in [-0.2, -0.15) is 0 Å². The second-order valence-corrected chi connectivity index (χ2v) is 6.99. The number of nitrogens with one attached hydrogen (secondary N) is 1. The summed E-state index contributed by atoms with van der Waals surface area (Å²) in [6.07, 6.45) is 2.50. The van der Waals surface area contributed by atoms with Crippen molar-refractivity contribution in [3.63, 3.8) is 0 Å². The average molecular weight is 396 g/mol. The summed E-state index contributed by atoms with van der Waals surface area (Å²) in [7, 11) is 0.371. The second kappa shape index (κ2) is 9.66. The largest absolute Gasteiger partial charge is 0.493 e. The first kappa shape index (κ1) is 20.4. The number of imidazole rings is 1. The predicted molar refractivity (Wildman–Crippen MR) is 104 cm³/mol. The zero-order valence-electron chi connectivity index (χ0n) is 14.7. The van der Waals surface area contributed by atoms with Crippen LogP contribution in [0.15, 0.2) is 41.7 Å². The van der Waals surface area contributed by atoms with E-state index in [0.29, 0.717) is 24.1 Å². The highest BCUT2D eigenvalue weighted by atomic mass is 35.5. The number of halogens is 1. The van der Waals surface area contributed by atoms with Crippen LogP contribution < -0.4 is 4.74 Å². The van der Waals surface area contributed by atoms with Gasteiger partial charge in [0.05, 0.1) is 39.9 Å². The molecule has 2 heterocycles. The Morgan fingerprint density at radius 2 is 2.00 bits per heavy atom. The molecule has 0 bridgehead atoms. The molecular weight excluding hydrogens is 374 g/mol. The third kappa shape index (κ3) is 4.81. The van der Waals surface area contributed by atoms with E-state index < -0.39 is 10.8 Å². The maximum atomic E-state index is 12.7. The number of fused-ring (bicyclic) bond motifs is 1. The Hall–Kier alpha value is -1.96. The fraction of sp³-hybridized carbons (Fsp3) is 0.333. The SMILES string of the molecule is COCCCOc1ccnc(CS(=O)c2nc3ccccc3[nH]2)c1C.Cl. The molecule has 0 spiro atoms. The van der Waals surface area contributed by atoms with Crippen LogP contribution in [0.4, 0.5) is 0 Å². The lowest BCUT2D eigenvalue weighted by Gasteiger charge is -2.11. The molecule has 1 atom stereocenters. The monoisotopic (exact) mass is 395 g/mol. The summed E-state index contributed by atoms with van der Waals surface area (Å²) in [5.41, 5.74) is 3.35. The molecule has 0 fully saturated rings. The van der Waals surface area contributed by atoms with E-state index in [1.54, 1.807) is 13.3 Å². The lowest BCUT2D eigenvalue weighted by atomic mass is 10.2. The molecule has 3 rings (SSSR count). The minimum Gasteiger partial charge on any atom is -0.493 e. The molecule has 1 N–H and O–H groups in total. The van der Waals surface area contributed by atoms with Crippen molar-refractivity contribution < 1.29 is 13.7 Å². The summed E-state index contributed by atoms with van der Waals surface area (Å²) in [5, 5.41) is 0.466. The third-order valence-corrected chi connectivity index (χ3v) is 5.02. The summed E-state index contributed by atoms with van der Waals surface area (Å²) in [6, 6.07) is 9.47. The van der Waals surface area contributed by atoms with E-state index in [-0.39, 0.29) is 12.4 Å². The fourth-order valence-corrected chi connectivity index (χ4v) is 3.58. The summed E-state index contributed by atoms with van der Waals surface area (Å²) in [5.74, 6) is 1.06. The Balaban J connectivity index is 0.00000243. The van der Waals surface area contributed by atoms with E-state index in [2.05, 4.69) is 15.0 Å². The Morgan fingerprint density at radius 3 is 2.77 bits per heavy atom. The van der Waals surface area contributed by atoms with Crippen LogP contribution in [0.1, 0.15) is 17.7 Å². The summed E-state index contributed by atoms with van der Waals surface area (Å²) >= 11 is 0. The average Bonchev–Trinajstić information content (AvgIpc) is 3.06. The lowest BCUT2D eigenvalue weighted by molar-refractivity contribution is 0.172. The van der Waals surface area contributed by atoms with Crippen molar-refractivity contribution in [3.05, 3.63) is 47.8 Å². The molecule has 2 aromatic heterocycles. The van der Waals surface area contributed by atoms with Crippen molar-refractivity contribution in [2.75, 3.05) is 20.3 Å². The number of benzene rings is 1. The number of para-hydroxylation sites is 2. The van der Waals surface area contributed by atoms with Crippen LogP contribution in [0.3, 0.4) is 0 Å². The second-order valence-electron chi connectivity index (χ2n) is 5.62. The Morgan fingerprint density at radius 1 is 1.19 bits per heavy atom. The quantitative estimate of drug-likeness (QED) is 0.591. The molecule has 0 amide bonds. The molecule has 8 heteroatoms. The lowest BCUT2D eigenvalue weighted by Crippen LogP contribution is -2.06. The van der Waals surface area contributed by atoms with E-state index in [1.807, 2.05) is 37.3 Å². The zero-order chi connectivity index (χ0) is 17.6. The van der Waals surface area contributed by atoms with Gasteiger partial charge in [0, 0.05) is 31.9 Å². The van der Waals surface area contributed by atoms with E-state index in [4.69, 9.17) is 9.47 Å². The van der Waals surface area contributed by atoms with Gasteiger partial charge < -0.3 is 14.5 Å². The summed E-state index contributed by atoms with van der Waals surface area (Å²) in [4.78, 5) is 11.9. The van der Waals surface area contributed by atoms with Crippen molar-refractivity contribution in [3.8, 4) is 5.75 Å². The number of rotatable bonds is 8. The Kier molecular flexibility index (Phi) is 7.56. The number of nitrogens with zero attached hydrogens (tertiary/aromatic N) is 2. The van der Waals surface area contributed by atoms with Crippen LogP contribution in [0.5, 0.6) is 5.75 Å². The van der Waals surface area contributed by atoms with Crippen molar-refractivity contribution in [2.24, 2.45) is 0 Å². The first-order valence-corrected chi connectivity index (χ1v) is 9.40. The molecule has 1 unspecified atom stereocenters. The standard InChI is InChI=1S/C18H21N3O3S.ClH/c1-13-16(19-9-8-17(13)24-11-5-10-23-2)12-25(22)18-20-14-6-3-4-7-15(14)21-18;/h3-4,6-9H,5,10-12H2,1-2H3,(H,20,21);1H. The molecule has 0 radical (unpaired) electrons. The molecular formula is C18H22ClN3O3S. The number of hydrogen-bond acceptors (Lipinski definition) is 5. The van der Waals surface area contributed by atoms with E-state index in [0.717, 1.165) is 34.5 Å². The highest BCUT2D eigenvalue weighted by Crippen LogP contribution is 2.22. The summed E-state index contributed by atoms with van der Waals surface area (Å²) < 4.78 is 23.5. The zero-order valence-corrected chi connectivity index (χ0v) is 16.4. The van der Waals surface area contributed by atoms with Gasteiger partial charge in [0.15, 0.2) is 5.16 Å². The molecule has 0 aliphatic heterocycles. The number of H-pyrrole nitrogens is 1. The highest BCUT2D eigenvalue weighted by Gasteiger charge is 2.14. The number of aromatic amines is 1. The fourth-order valence-electron chi connectivity index (χ4n) is 2.48. The smallest absolute Gasteiger partial charge is 0.197 e. The molecule has 0 saturated carbocycles. The van der Waals surface area contributed by atoms with Crippen LogP contribution in [0, 0.1) is 6.92 Å². The first-order chi connectivity index (χ1) is 12.2. The normalized spacial score (nSPS) is 11.9. The predicted octanol–water partition coefficient (Wildman–Crippen LogP) is 3.41.